The maximum absolute atomic E-state index is 13.5. The molecule has 0 amide bonds. The average Bonchev–Trinajstić information content (AvgIpc) is 2.53. The lowest BCUT2D eigenvalue weighted by atomic mass is 9.73. The molecular weight excluding hydrogens is 380 g/mol. The molecule has 0 radical (unpaired) electrons. The van der Waals surface area contributed by atoms with Gasteiger partial charge < -0.3 is 5.11 Å². The second-order valence-electron chi connectivity index (χ2n) is 13.0. The fourth-order valence-electron chi connectivity index (χ4n) is 3.69. The lowest BCUT2D eigenvalue weighted by Crippen LogP contribution is -2.24. The number of carbonyl (C=O) groups excluding carboxylic acids is 1. The monoisotopic (exact) mass is 422 g/mol. The lowest BCUT2D eigenvalue weighted by Gasteiger charge is -2.31. The number of benzene rings is 1. The number of aromatic hydroxyl groups is 1. The van der Waals surface area contributed by atoms with Crippen LogP contribution in [0.4, 0.5) is 0 Å². The van der Waals surface area contributed by atoms with Crippen LogP contribution in [0.2, 0.25) is 0 Å². The van der Waals surface area contributed by atoms with E-state index in [1.54, 1.807) is 0 Å². The van der Waals surface area contributed by atoms with Crippen molar-refractivity contribution in [1.29, 1.82) is 0 Å². The maximum Gasteiger partial charge on any atom is 0.189 e. The fourth-order valence-corrected chi connectivity index (χ4v) is 3.69. The van der Waals surface area contributed by atoms with Crippen LogP contribution in [-0.4, -0.2) is 10.9 Å². The number of ketones is 1. The normalized spacial score (nSPS) is 17.7. The Morgan fingerprint density at radius 2 is 1.26 bits per heavy atom. The van der Waals surface area contributed by atoms with E-state index in [9.17, 15) is 9.90 Å². The third-order valence-corrected chi connectivity index (χ3v) is 5.92. The van der Waals surface area contributed by atoms with Crippen LogP contribution >= 0.6 is 0 Å². The van der Waals surface area contributed by atoms with E-state index in [4.69, 9.17) is 0 Å². The molecule has 0 aromatic heterocycles. The highest BCUT2D eigenvalue weighted by atomic mass is 16.3. The van der Waals surface area contributed by atoms with Gasteiger partial charge in [0.05, 0.1) is 0 Å². The zero-order chi connectivity index (χ0) is 24.2. The summed E-state index contributed by atoms with van der Waals surface area (Å²) in [6.07, 6.45) is 5.94. The van der Waals surface area contributed by atoms with E-state index in [2.05, 4.69) is 95.2 Å². The van der Waals surface area contributed by atoms with Crippen molar-refractivity contribution >= 4 is 11.9 Å². The fraction of sp³-hybridized carbons (Fsp3) is 0.552. The van der Waals surface area contributed by atoms with Crippen LogP contribution in [0.25, 0.3) is 6.08 Å². The van der Waals surface area contributed by atoms with E-state index < -0.39 is 0 Å². The minimum atomic E-state index is -0.257. The first-order chi connectivity index (χ1) is 13.7. The molecular formula is C29H42O2. The Morgan fingerprint density at radius 1 is 0.710 bits per heavy atom. The topological polar surface area (TPSA) is 37.3 Å². The molecule has 1 N–H and O–H groups in total. The van der Waals surface area contributed by atoms with Gasteiger partial charge in [0.25, 0.3) is 0 Å². The Kier molecular flexibility index (Phi) is 6.33. The molecule has 0 heterocycles. The first-order valence-electron chi connectivity index (χ1n) is 11.3. The third-order valence-electron chi connectivity index (χ3n) is 5.92. The molecule has 1 aromatic carbocycles. The van der Waals surface area contributed by atoms with Gasteiger partial charge in [-0.15, -0.1) is 0 Å². The van der Waals surface area contributed by atoms with Crippen LogP contribution in [0.15, 0.2) is 41.0 Å². The van der Waals surface area contributed by atoms with Gasteiger partial charge in [0.1, 0.15) is 5.75 Å². The largest absolute Gasteiger partial charge is 0.507 e. The van der Waals surface area contributed by atoms with Gasteiger partial charge in [-0.05, 0) is 51.0 Å². The molecule has 0 aliphatic heterocycles. The Morgan fingerprint density at radius 3 is 1.68 bits per heavy atom. The van der Waals surface area contributed by atoms with Gasteiger partial charge in [0, 0.05) is 22.3 Å². The third kappa shape index (κ3) is 5.59. The number of phenols is 1. The standard InChI is InChI=1S/C29H42O2/c1-26(2,3)20-14-18(24(30)22(16-20)28(7,8)9)13-19-15-21(27(4,5)6)17-23(25(19)31)29(10,11)12/h13-17,30H,1-12H3/b19-13-. The average molecular weight is 423 g/mol. The molecule has 0 saturated carbocycles. The summed E-state index contributed by atoms with van der Waals surface area (Å²) >= 11 is 0. The molecule has 0 unspecified atom stereocenters. The van der Waals surface area contributed by atoms with Gasteiger partial charge in [-0.1, -0.05) is 95.2 Å². The van der Waals surface area contributed by atoms with Gasteiger partial charge in [0.2, 0.25) is 0 Å². The summed E-state index contributed by atoms with van der Waals surface area (Å²) in [6, 6.07) is 4.14. The van der Waals surface area contributed by atoms with Crippen molar-refractivity contribution in [3.8, 4) is 5.75 Å². The summed E-state index contributed by atoms with van der Waals surface area (Å²) < 4.78 is 0. The first-order valence-corrected chi connectivity index (χ1v) is 11.3. The number of rotatable bonds is 1. The molecule has 2 nitrogen and oxygen atoms in total. The molecule has 1 aliphatic rings. The quantitative estimate of drug-likeness (QED) is 0.467. The van der Waals surface area contributed by atoms with Crippen molar-refractivity contribution in [2.24, 2.45) is 10.8 Å². The van der Waals surface area contributed by atoms with Crippen molar-refractivity contribution in [1.82, 2.24) is 0 Å². The molecule has 0 saturated heterocycles. The molecule has 0 bridgehead atoms. The van der Waals surface area contributed by atoms with Crippen molar-refractivity contribution < 1.29 is 9.90 Å². The smallest absolute Gasteiger partial charge is 0.189 e. The highest BCUT2D eigenvalue weighted by Gasteiger charge is 2.32. The van der Waals surface area contributed by atoms with Crippen LogP contribution in [0.5, 0.6) is 5.75 Å². The van der Waals surface area contributed by atoms with E-state index in [0.29, 0.717) is 11.1 Å². The Balaban J connectivity index is 2.82. The molecule has 170 valence electrons. The maximum atomic E-state index is 13.5. The SMILES string of the molecule is CC(C)(C)C1=C/C(=C/c2cc(C(C)(C)C)cc(C(C)(C)C)c2O)C(=O)C(C(C)(C)C)=C1. The van der Waals surface area contributed by atoms with Gasteiger partial charge in [-0.2, -0.15) is 0 Å². The number of Topliss-reactive ketones (excluding diaryl/α,β-unsaturated/α-hetero) is 1. The van der Waals surface area contributed by atoms with Gasteiger partial charge in [0.15, 0.2) is 5.78 Å². The van der Waals surface area contributed by atoms with Crippen molar-refractivity contribution in [3.05, 3.63) is 57.7 Å². The highest BCUT2D eigenvalue weighted by molar-refractivity contribution is 6.15. The molecule has 0 spiro atoms. The molecule has 2 rings (SSSR count). The molecule has 0 atom stereocenters. The molecule has 31 heavy (non-hydrogen) atoms. The summed E-state index contributed by atoms with van der Waals surface area (Å²) in [5, 5.41) is 11.2. The summed E-state index contributed by atoms with van der Waals surface area (Å²) in [6.45, 7) is 25.6. The summed E-state index contributed by atoms with van der Waals surface area (Å²) in [7, 11) is 0. The zero-order valence-corrected chi connectivity index (χ0v) is 21.7. The Labute approximate surface area is 190 Å². The van der Waals surface area contributed by atoms with E-state index >= 15 is 0 Å². The van der Waals surface area contributed by atoms with E-state index in [1.165, 1.54) is 0 Å². The van der Waals surface area contributed by atoms with Gasteiger partial charge in [-0.25, -0.2) is 0 Å². The van der Waals surface area contributed by atoms with Gasteiger partial charge >= 0.3 is 0 Å². The van der Waals surface area contributed by atoms with Crippen LogP contribution in [0.1, 0.15) is 99.8 Å². The zero-order valence-electron chi connectivity index (χ0n) is 21.7. The number of hydrogen-bond donors (Lipinski definition) is 1. The Hall–Kier alpha value is -2.09. The second-order valence-corrected chi connectivity index (χ2v) is 13.0. The summed E-state index contributed by atoms with van der Waals surface area (Å²) in [4.78, 5) is 13.5. The molecule has 1 aromatic rings. The van der Waals surface area contributed by atoms with E-state index in [-0.39, 0.29) is 33.2 Å². The van der Waals surface area contributed by atoms with Crippen LogP contribution in [-0.2, 0) is 15.6 Å². The highest BCUT2D eigenvalue weighted by Crippen LogP contribution is 2.41. The minimum absolute atomic E-state index is 0.0402. The molecule has 0 fully saturated rings. The predicted octanol–water partition coefficient (Wildman–Crippen LogP) is 7.90. The van der Waals surface area contributed by atoms with Crippen LogP contribution in [0, 0.1) is 10.8 Å². The second kappa shape index (κ2) is 7.80. The Bertz CT molecular complexity index is 970. The van der Waals surface area contributed by atoms with E-state index in [0.717, 1.165) is 22.3 Å². The first kappa shape index (κ1) is 25.2. The molecule has 1 aliphatic carbocycles. The van der Waals surface area contributed by atoms with Crippen molar-refractivity contribution in [2.75, 3.05) is 0 Å². The minimum Gasteiger partial charge on any atom is -0.507 e. The number of hydrogen-bond acceptors (Lipinski definition) is 2. The molecule has 2 heteroatoms. The number of allylic oxidation sites excluding steroid dienone is 5. The number of carbonyl (C=O) groups is 1. The van der Waals surface area contributed by atoms with Crippen LogP contribution in [0.3, 0.4) is 0 Å². The summed E-state index contributed by atoms with van der Waals surface area (Å²) in [5.41, 5.74) is 4.73. The number of phenolic OH excluding ortho intramolecular Hbond substituents is 1. The van der Waals surface area contributed by atoms with Crippen molar-refractivity contribution in [2.45, 2.75) is 93.9 Å². The van der Waals surface area contributed by atoms with Gasteiger partial charge in [-0.3, -0.25) is 4.79 Å². The van der Waals surface area contributed by atoms with Crippen LogP contribution < -0.4 is 0 Å². The predicted molar refractivity (Wildman–Crippen MR) is 134 cm³/mol. The van der Waals surface area contributed by atoms with Crippen molar-refractivity contribution in [3.63, 3.8) is 0 Å². The van der Waals surface area contributed by atoms with E-state index in [1.807, 2.05) is 18.2 Å². The summed E-state index contributed by atoms with van der Waals surface area (Å²) in [5.74, 6) is 0.303. The lowest BCUT2D eigenvalue weighted by molar-refractivity contribution is -0.112.